The van der Waals surface area contributed by atoms with Crippen molar-refractivity contribution in [3.8, 4) is 0 Å². The fraction of sp³-hybridized carbons (Fsp3) is 0.462. The Hall–Kier alpha value is -1.91. The molecule has 2 aromatic heterocycles. The highest BCUT2D eigenvalue weighted by Gasteiger charge is 2.05. The van der Waals surface area contributed by atoms with E-state index in [-0.39, 0.29) is 0 Å². The summed E-state index contributed by atoms with van der Waals surface area (Å²) in [5.74, 6) is 1.86. The molecular formula is C13H19N5. The molecule has 2 heterocycles. The molecule has 0 aliphatic carbocycles. The summed E-state index contributed by atoms with van der Waals surface area (Å²) < 4.78 is 2.12. The summed E-state index contributed by atoms with van der Waals surface area (Å²) >= 11 is 0. The first kappa shape index (κ1) is 12.5. The van der Waals surface area contributed by atoms with Gasteiger partial charge in [-0.3, -0.25) is 4.98 Å². The van der Waals surface area contributed by atoms with E-state index in [1.54, 1.807) is 12.4 Å². The molecule has 0 saturated heterocycles. The van der Waals surface area contributed by atoms with Crippen molar-refractivity contribution in [3.63, 3.8) is 0 Å². The maximum atomic E-state index is 4.53. The van der Waals surface area contributed by atoms with Crippen LogP contribution in [0.4, 0.5) is 5.82 Å². The molecule has 0 amide bonds. The molecule has 5 nitrogen and oxygen atoms in total. The highest BCUT2D eigenvalue weighted by molar-refractivity contribution is 5.32. The zero-order valence-corrected chi connectivity index (χ0v) is 10.9. The van der Waals surface area contributed by atoms with Crippen LogP contribution in [0, 0.1) is 0 Å². The van der Waals surface area contributed by atoms with Crippen LogP contribution in [-0.4, -0.2) is 26.1 Å². The van der Waals surface area contributed by atoms with Crippen molar-refractivity contribution < 1.29 is 0 Å². The van der Waals surface area contributed by atoms with Crippen LogP contribution in [0.3, 0.4) is 0 Å². The minimum Gasteiger partial charge on any atom is -0.369 e. The SMILES string of the molecule is CCCNc1cncc(Cc2nccn2CC)n1. The second-order valence-corrected chi connectivity index (χ2v) is 4.13. The smallest absolute Gasteiger partial charge is 0.144 e. The zero-order valence-electron chi connectivity index (χ0n) is 10.9. The van der Waals surface area contributed by atoms with Crippen molar-refractivity contribution in [1.29, 1.82) is 0 Å². The molecule has 0 radical (unpaired) electrons. The van der Waals surface area contributed by atoms with E-state index >= 15 is 0 Å². The summed E-state index contributed by atoms with van der Waals surface area (Å²) in [5, 5.41) is 3.24. The summed E-state index contributed by atoms with van der Waals surface area (Å²) in [6.07, 6.45) is 9.16. The second-order valence-electron chi connectivity index (χ2n) is 4.13. The molecule has 2 aromatic rings. The number of nitrogens with one attached hydrogen (secondary N) is 1. The van der Waals surface area contributed by atoms with E-state index in [0.29, 0.717) is 0 Å². The maximum absolute atomic E-state index is 4.53. The van der Waals surface area contributed by atoms with Crippen LogP contribution in [0.5, 0.6) is 0 Å². The number of rotatable bonds is 6. The Morgan fingerprint density at radius 2 is 2.17 bits per heavy atom. The lowest BCUT2D eigenvalue weighted by molar-refractivity contribution is 0.707. The Bertz CT molecular complexity index is 492. The van der Waals surface area contributed by atoms with Crippen molar-refractivity contribution in [1.82, 2.24) is 19.5 Å². The first-order valence-corrected chi connectivity index (χ1v) is 6.38. The summed E-state index contributed by atoms with van der Waals surface area (Å²) in [4.78, 5) is 13.1. The van der Waals surface area contributed by atoms with Crippen LogP contribution in [0.1, 0.15) is 31.8 Å². The van der Waals surface area contributed by atoms with E-state index in [9.17, 15) is 0 Å². The van der Waals surface area contributed by atoms with E-state index in [1.165, 1.54) is 0 Å². The Morgan fingerprint density at radius 3 is 2.94 bits per heavy atom. The number of hydrogen-bond donors (Lipinski definition) is 1. The minimum atomic E-state index is 0.718. The molecule has 0 unspecified atom stereocenters. The number of hydrogen-bond acceptors (Lipinski definition) is 4. The second kappa shape index (κ2) is 6.14. The topological polar surface area (TPSA) is 55.6 Å². The van der Waals surface area contributed by atoms with E-state index in [1.807, 2.05) is 12.4 Å². The van der Waals surface area contributed by atoms with Crippen molar-refractivity contribution in [2.75, 3.05) is 11.9 Å². The Labute approximate surface area is 107 Å². The van der Waals surface area contributed by atoms with Crippen molar-refractivity contribution >= 4 is 5.82 Å². The quantitative estimate of drug-likeness (QED) is 0.846. The fourth-order valence-corrected chi connectivity index (χ4v) is 1.79. The van der Waals surface area contributed by atoms with Gasteiger partial charge in [0.25, 0.3) is 0 Å². The van der Waals surface area contributed by atoms with E-state index in [0.717, 1.165) is 43.3 Å². The van der Waals surface area contributed by atoms with Gasteiger partial charge in [0, 0.05) is 38.1 Å². The van der Waals surface area contributed by atoms with E-state index in [2.05, 4.69) is 38.7 Å². The normalized spacial score (nSPS) is 10.6. The highest BCUT2D eigenvalue weighted by atomic mass is 15.1. The van der Waals surface area contributed by atoms with Crippen LogP contribution in [0.25, 0.3) is 0 Å². The highest BCUT2D eigenvalue weighted by Crippen LogP contribution is 2.08. The third-order valence-corrected chi connectivity index (χ3v) is 2.72. The molecule has 0 aromatic carbocycles. The van der Waals surface area contributed by atoms with E-state index < -0.39 is 0 Å². The molecule has 18 heavy (non-hydrogen) atoms. The van der Waals surface area contributed by atoms with Gasteiger partial charge < -0.3 is 9.88 Å². The number of nitrogens with zero attached hydrogens (tertiary/aromatic N) is 4. The standard InChI is InChI=1S/C13H19N5/c1-3-5-15-12-10-14-9-11(17-12)8-13-16-6-7-18(13)4-2/h6-7,9-10H,3-5,8H2,1-2H3,(H,15,17). The number of aryl methyl sites for hydroxylation is 1. The van der Waals surface area contributed by atoms with Crippen LogP contribution in [0.2, 0.25) is 0 Å². The molecule has 0 atom stereocenters. The molecule has 0 spiro atoms. The van der Waals surface area contributed by atoms with Crippen LogP contribution in [-0.2, 0) is 13.0 Å². The van der Waals surface area contributed by atoms with Crippen LogP contribution < -0.4 is 5.32 Å². The number of aromatic nitrogens is 4. The molecule has 0 fully saturated rings. The van der Waals surface area contributed by atoms with Gasteiger partial charge in [0.05, 0.1) is 11.9 Å². The predicted octanol–water partition coefficient (Wildman–Crippen LogP) is 2.11. The molecule has 2 rings (SSSR count). The van der Waals surface area contributed by atoms with Gasteiger partial charge in [-0.25, -0.2) is 9.97 Å². The number of imidazole rings is 1. The van der Waals surface area contributed by atoms with Gasteiger partial charge in [0.15, 0.2) is 0 Å². The molecule has 0 aliphatic rings. The van der Waals surface area contributed by atoms with E-state index in [4.69, 9.17) is 0 Å². The third kappa shape index (κ3) is 3.06. The molecule has 5 heteroatoms. The minimum absolute atomic E-state index is 0.718. The summed E-state index contributed by atoms with van der Waals surface area (Å²) in [5.41, 5.74) is 0.942. The largest absolute Gasteiger partial charge is 0.369 e. The van der Waals surface area contributed by atoms with Gasteiger partial charge in [0.2, 0.25) is 0 Å². The van der Waals surface area contributed by atoms with Gasteiger partial charge in [-0.05, 0) is 13.3 Å². The van der Waals surface area contributed by atoms with Crippen molar-refractivity contribution in [3.05, 3.63) is 36.3 Å². The summed E-state index contributed by atoms with van der Waals surface area (Å²) in [6, 6.07) is 0. The molecule has 96 valence electrons. The van der Waals surface area contributed by atoms with Gasteiger partial charge in [-0.1, -0.05) is 6.92 Å². The summed E-state index contributed by atoms with van der Waals surface area (Å²) in [7, 11) is 0. The maximum Gasteiger partial charge on any atom is 0.144 e. The Balaban J connectivity index is 2.09. The monoisotopic (exact) mass is 245 g/mol. The Kier molecular flexibility index (Phi) is 4.28. The molecule has 0 saturated carbocycles. The van der Waals surface area contributed by atoms with Crippen molar-refractivity contribution in [2.45, 2.75) is 33.2 Å². The van der Waals surface area contributed by atoms with Gasteiger partial charge in [0.1, 0.15) is 11.6 Å². The summed E-state index contributed by atoms with van der Waals surface area (Å²) in [6.45, 7) is 6.08. The number of anilines is 1. The first-order valence-electron chi connectivity index (χ1n) is 6.38. The zero-order chi connectivity index (χ0) is 12.8. The lowest BCUT2D eigenvalue weighted by Crippen LogP contribution is -2.07. The molecule has 0 aliphatic heterocycles. The lowest BCUT2D eigenvalue weighted by Gasteiger charge is -2.06. The third-order valence-electron chi connectivity index (χ3n) is 2.72. The first-order chi connectivity index (χ1) is 8.83. The lowest BCUT2D eigenvalue weighted by atomic mass is 10.3. The van der Waals surface area contributed by atoms with Gasteiger partial charge >= 0.3 is 0 Å². The molecule has 0 bridgehead atoms. The van der Waals surface area contributed by atoms with Gasteiger partial charge in [-0.15, -0.1) is 0 Å². The van der Waals surface area contributed by atoms with Gasteiger partial charge in [-0.2, -0.15) is 0 Å². The average Bonchev–Trinajstić information content (AvgIpc) is 2.84. The van der Waals surface area contributed by atoms with Crippen LogP contribution >= 0.6 is 0 Å². The molecule has 1 N–H and O–H groups in total. The molecular weight excluding hydrogens is 226 g/mol. The van der Waals surface area contributed by atoms with Crippen molar-refractivity contribution in [2.24, 2.45) is 0 Å². The van der Waals surface area contributed by atoms with Crippen LogP contribution in [0.15, 0.2) is 24.8 Å². The predicted molar refractivity (Wildman–Crippen MR) is 71.5 cm³/mol. The average molecular weight is 245 g/mol. The Morgan fingerprint density at radius 1 is 1.28 bits per heavy atom. The fourth-order valence-electron chi connectivity index (χ4n) is 1.79.